The van der Waals surface area contributed by atoms with Gasteiger partial charge in [-0.3, -0.25) is 9.36 Å². The number of nitrogens with one attached hydrogen (secondary N) is 2. The molecule has 2 N–H and O–H groups in total. The molecule has 0 aliphatic carbocycles. The fourth-order valence-corrected chi connectivity index (χ4v) is 4.23. The van der Waals surface area contributed by atoms with Gasteiger partial charge in [0.2, 0.25) is 5.91 Å². The standard InChI is InChI=1S/C25H24ClN5OS/c1-17-11-13-19(14-12-17)28-24(32)16-33-25-30-29-23(31(25)20-7-4-3-5-8-20)15-27-22-10-6-9-21(26)18(22)2/h3-14,27H,15-16H2,1-2H3,(H,28,32). The number of aromatic nitrogens is 3. The molecule has 0 radical (unpaired) electrons. The SMILES string of the molecule is Cc1ccc(NC(=O)CSc2nnc(CNc3cccc(Cl)c3C)n2-c2ccccc2)cc1. The average Bonchev–Trinajstić information content (AvgIpc) is 3.23. The summed E-state index contributed by atoms with van der Waals surface area (Å²) in [6.07, 6.45) is 0. The van der Waals surface area contributed by atoms with Crippen molar-refractivity contribution >= 4 is 40.6 Å². The number of carbonyl (C=O) groups is 1. The molecule has 0 aliphatic rings. The molecule has 0 bridgehead atoms. The third-order valence-corrected chi connectivity index (χ3v) is 6.43. The van der Waals surface area contributed by atoms with E-state index in [0.717, 1.165) is 34.0 Å². The Balaban J connectivity index is 1.50. The highest BCUT2D eigenvalue weighted by atomic mass is 35.5. The number of para-hydroxylation sites is 1. The van der Waals surface area contributed by atoms with Gasteiger partial charge in [0, 0.05) is 22.1 Å². The second-order valence-electron chi connectivity index (χ2n) is 7.54. The second-order valence-corrected chi connectivity index (χ2v) is 8.89. The number of anilines is 2. The number of thioether (sulfide) groups is 1. The predicted molar refractivity (Wildman–Crippen MR) is 135 cm³/mol. The molecule has 0 saturated carbocycles. The first-order valence-corrected chi connectivity index (χ1v) is 11.9. The van der Waals surface area contributed by atoms with Crippen LogP contribution in [-0.2, 0) is 11.3 Å². The number of nitrogens with zero attached hydrogens (tertiary/aromatic N) is 3. The van der Waals surface area contributed by atoms with Gasteiger partial charge in [0.05, 0.1) is 12.3 Å². The summed E-state index contributed by atoms with van der Waals surface area (Å²) in [5.41, 5.74) is 4.78. The maximum atomic E-state index is 12.5. The Morgan fingerprint density at radius 2 is 1.73 bits per heavy atom. The largest absolute Gasteiger partial charge is 0.377 e. The molecule has 0 saturated heterocycles. The van der Waals surface area contributed by atoms with Crippen molar-refractivity contribution in [2.75, 3.05) is 16.4 Å². The van der Waals surface area contributed by atoms with Crippen LogP contribution in [0, 0.1) is 13.8 Å². The zero-order valence-electron chi connectivity index (χ0n) is 18.4. The lowest BCUT2D eigenvalue weighted by Crippen LogP contribution is -2.15. The maximum absolute atomic E-state index is 12.5. The van der Waals surface area contributed by atoms with Crippen LogP contribution in [0.1, 0.15) is 17.0 Å². The lowest BCUT2D eigenvalue weighted by Gasteiger charge is -2.13. The first-order chi connectivity index (χ1) is 16.0. The summed E-state index contributed by atoms with van der Waals surface area (Å²) in [6, 6.07) is 23.4. The van der Waals surface area contributed by atoms with Gasteiger partial charge in [0.1, 0.15) is 0 Å². The van der Waals surface area contributed by atoms with E-state index in [9.17, 15) is 4.79 Å². The van der Waals surface area contributed by atoms with Gasteiger partial charge in [0.15, 0.2) is 11.0 Å². The van der Waals surface area contributed by atoms with Crippen LogP contribution in [-0.4, -0.2) is 26.4 Å². The Labute approximate surface area is 202 Å². The van der Waals surface area contributed by atoms with Crippen molar-refractivity contribution in [3.63, 3.8) is 0 Å². The summed E-state index contributed by atoms with van der Waals surface area (Å²) >= 11 is 7.60. The van der Waals surface area contributed by atoms with Crippen LogP contribution >= 0.6 is 23.4 Å². The second kappa shape index (κ2) is 10.6. The zero-order chi connectivity index (χ0) is 23.2. The van der Waals surface area contributed by atoms with Crippen molar-refractivity contribution in [2.45, 2.75) is 25.5 Å². The molecule has 6 nitrogen and oxygen atoms in total. The third-order valence-electron chi connectivity index (χ3n) is 5.09. The van der Waals surface area contributed by atoms with Crippen LogP contribution < -0.4 is 10.6 Å². The molecule has 4 aromatic rings. The quantitative estimate of drug-likeness (QED) is 0.310. The lowest BCUT2D eigenvalue weighted by atomic mass is 10.2. The number of halogens is 1. The van der Waals surface area contributed by atoms with Crippen LogP contribution in [0.25, 0.3) is 5.69 Å². The van der Waals surface area contributed by atoms with Gasteiger partial charge in [0.25, 0.3) is 0 Å². The van der Waals surface area contributed by atoms with Gasteiger partial charge in [-0.1, -0.05) is 65.3 Å². The summed E-state index contributed by atoms with van der Waals surface area (Å²) in [4.78, 5) is 12.5. The van der Waals surface area contributed by atoms with E-state index in [1.807, 2.05) is 91.2 Å². The molecule has 0 fully saturated rings. The number of aryl methyl sites for hydroxylation is 1. The predicted octanol–water partition coefficient (Wildman–Crippen LogP) is 5.88. The van der Waals surface area contributed by atoms with E-state index in [0.29, 0.717) is 16.7 Å². The van der Waals surface area contributed by atoms with Crippen molar-refractivity contribution in [3.05, 3.63) is 94.8 Å². The molecule has 1 heterocycles. The van der Waals surface area contributed by atoms with Gasteiger partial charge in [-0.15, -0.1) is 10.2 Å². The molecule has 33 heavy (non-hydrogen) atoms. The molecule has 0 spiro atoms. The number of hydrogen-bond acceptors (Lipinski definition) is 5. The Kier molecular flexibility index (Phi) is 7.32. The Morgan fingerprint density at radius 1 is 0.970 bits per heavy atom. The minimum Gasteiger partial charge on any atom is -0.377 e. The fraction of sp³-hybridized carbons (Fsp3) is 0.160. The van der Waals surface area contributed by atoms with E-state index in [1.54, 1.807) is 0 Å². The molecular formula is C25H24ClN5OS. The number of hydrogen-bond donors (Lipinski definition) is 2. The van der Waals surface area contributed by atoms with Gasteiger partial charge in [-0.25, -0.2) is 0 Å². The summed E-state index contributed by atoms with van der Waals surface area (Å²) in [7, 11) is 0. The molecule has 168 valence electrons. The number of amides is 1. The minimum absolute atomic E-state index is 0.0966. The zero-order valence-corrected chi connectivity index (χ0v) is 20.0. The molecule has 3 aromatic carbocycles. The van der Waals surface area contributed by atoms with E-state index in [2.05, 4.69) is 20.8 Å². The number of rotatable bonds is 8. The van der Waals surface area contributed by atoms with Gasteiger partial charge in [-0.2, -0.15) is 0 Å². The highest BCUT2D eigenvalue weighted by Crippen LogP contribution is 2.26. The van der Waals surface area contributed by atoms with E-state index in [4.69, 9.17) is 11.6 Å². The maximum Gasteiger partial charge on any atom is 0.234 e. The summed E-state index contributed by atoms with van der Waals surface area (Å²) < 4.78 is 1.97. The van der Waals surface area contributed by atoms with Crippen LogP contribution in [0.3, 0.4) is 0 Å². The van der Waals surface area contributed by atoms with Crippen LogP contribution in [0.4, 0.5) is 11.4 Å². The fourth-order valence-electron chi connectivity index (χ4n) is 3.28. The number of carbonyl (C=O) groups excluding carboxylic acids is 1. The Morgan fingerprint density at radius 3 is 2.48 bits per heavy atom. The summed E-state index contributed by atoms with van der Waals surface area (Å²) in [6.45, 7) is 4.44. The molecule has 0 atom stereocenters. The van der Waals surface area contributed by atoms with Crippen molar-refractivity contribution < 1.29 is 4.79 Å². The summed E-state index contributed by atoms with van der Waals surface area (Å²) in [5.74, 6) is 0.863. The summed E-state index contributed by atoms with van der Waals surface area (Å²) in [5, 5.41) is 16.4. The average molecular weight is 478 g/mol. The first kappa shape index (κ1) is 22.9. The van der Waals surface area contributed by atoms with E-state index >= 15 is 0 Å². The van der Waals surface area contributed by atoms with Crippen molar-refractivity contribution in [1.82, 2.24) is 14.8 Å². The molecule has 0 unspecified atom stereocenters. The third kappa shape index (κ3) is 5.74. The molecule has 8 heteroatoms. The highest BCUT2D eigenvalue weighted by molar-refractivity contribution is 7.99. The van der Waals surface area contributed by atoms with Gasteiger partial charge >= 0.3 is 0 Å². The van der Waals surface area contributed by atoms with Crippen LogP contribution in [0.15, 0.2) is 78.0 Å². The normalized spacial score (nSPS) is 10.8. The Hall–Kier alpha value is -3.29. The first-order valence-electron chi connectivity index (χ1n) is 10.5. The van der Waals surface area contributed by atoms with Crippen LogP contribution in [0.2, 0.25) is 5.02 Å². The van der Waals surface area contributed by atoms with Gasteiger partial charge in [-0.05, 0) is 55.8 Å². The topological polar surface area (TPSA) is 71.8 Å². The van der Waals surface area contributed by atoms with E-state index < -0.39 is 0 Å². The van der Waals surface area contributed by atoms with Crippen molar-refractivity contribution in [2.24, 2.45) is 0 Å². The Bertz CT molecular complexity index is 1240. The molecule has 1 amide bonds. The lowest BCUT2D eigenvalue weighted by molar-refractivity contribution is -0.113. The monoisotopic (exact) mass is 477 g/mol. The highest BCUT2D eigenvalue weighted by Gasteiger charge is 2.16. The molecule has 0 aliphatic heterocycles. The van der Waals surface area contributed by atoms with E-state index in [-0.39, 0.29) is 11.7 Å². The number of benzene rings is 3. The minimum atomic E-state index is -0.0966. The molecular weight excluding hydrogens is 454 g/mol. The molecule has 4 rings (SSSR count). The molecule has 1 aromatic heterocycles. The van der Waals surface area contributed by atoms with E-state index in [1.165, 1.54) is 11.8 Å². The van der Waals surface area contributed by atoms with Crippen LogP contribution in [0.5, 0.6) is 0 Å². The van der Waals surface area contributed by atoms with Crippen molar-refractivity contribution in [1.29, 1.82) is 0 Å². The van der Waals surface area contributed by atoms with Crippen molar-refractivity contribution in [3.8, 4) is 5.69 Å². The van der Waals surface area contributed by atoms with Gasteiger partial charge < -0.3 is 10.6 Å². The smallest absolute Gasteiger partial charge is 0.234 e.